The van der Waals surface area contributed by atoms with E-state index in [1.54, 1.807) is 6.92 Å². The predicted octanol–water partition coefficient (Wildman–Crippen LogP) is 2.76. The zero-order chi connectivity index (χ0) is 18.3. The number of ether oxygens (including phenoxy) is 1. The molecule has 0 aliphatic heterocycles. The van der Waals surface area contributed by atoms with Gasteiger partial charge in [-0.1, -0.05) is 0 Å². The number of esters is 1. The van der Waals surface area contributed by atoms with E-state index in [1.807, 2.05) is 0 Å². The van der Waals surface area contributed by atoms with Crippen molar-refractivity contribution in [1.82, 2.24) is 0 Å². The highest BCUT2D eigenvalue weighted by molar-refractivity contribution is 7.92. The molecule has 9 heteroatoms. The Kier molecular flexibility index (Phi) is 4.92. The molecule has 1 N–H and O–H groups in total. The van der Waals surface area contributed by atoms with Crippen LogP contribution in [0.5, 0.6) is 0 Å². The van der Waals surface area contributed by atoms with Gasteiger partial charge in [0.25, 0.3) is 0 Å². The molecule has 0 saturated heterocycles. The van der Waals surface area contributed by atoms with Crippen molar-refractivity contribution in [3.8, 4) is 0 Å². The molecule has 1 aliphatic rings. The van der Waals surface area contributed by atoms with Crippen molar-refractivity contribution in [2.75, 3.05) is 11.0 Å². The van der Waals surface area contributed by atoms with E-state index in [9.17, 15) is 18.0 Å². The summed E-state index contributed by atoms with van der Waals surface area (Å²) in [5.74, 6) is -1.03. The topological polar surface area (TPSA) is 89.5 Å². The molecule has 0 spiro atoms. The summed E-state index contributed by atoms with van der Waals surface area (Å²) in [7, 11) is -3.39. The summed E-state index contributed by atoms with van der Waals surface area (Å²) in [4.78, 5) is 24.4. The highest BCUT2D eigenvalue weighted by Crippen LogP contribution is 2.64. The number of halogens is 2. The molecule has 132 valence electrons. The van der Waals surface area contributed by atoms with Gasteiger partial charge in [-0.25, -0.2) is 8.42 Å². The van der Waals surface area contributed by atoms with E-state index in [1.165, 1.54) is 31.2 Å². The normalized spacial score (nSPS) is 23.2. The van der Waals surface area contributed by atoms with Gasteiger partial charge in [-0.15, -0.1) is 23.2 Å². The van der Waals surface area contributed by atoms with Crippen LogP contribution in [0, 0.1) is 5.41 Å². The zero-order valence-electron chi connectivity index (χ0n) is 13.3. The fraction of sp³-hybridized carbons (Fsp3) is 0.467. The minimum Gasteiger partial charge on any atom is -0.454 e. The van der Waals surface area contributed by atoms with E-state index in [2.05, 4.69) is 4.72 Å². The molecular weight excluding hydrogens is 377 g/mol. The number of hydrogen-bond acceptors (Lipinski definition) is 5. The number of anilines is 1. The maximum absolute atomic E-state index is 12.3. The third kappa shape index (κ3) is 4.02. The van der Waals surface area contributed by atoms with Crippen LogP contribution in [0.1, 0.15) is 30.6 Å². The van der Waals surface area contributed by atoms with E-state index < -0.39 is 37.6 Å². The summed E-state index contributed by atoms with van der Waals surface area (Å²) >= 11 is 11.8. The van der Waals surface area contributed by atoms with Crippen LogP contribution in [0.2, 0.25) is 0 Å². The monoisotopic (exact) mass is 393 g/mol. The molecule has 6 nitrogen and oxygen atoms in total. The second-order valence-electron chi connectivity index (χ2n) is 6.08. The lowest BCUT2D eigenvalue weighted by atomic mass is 10.1. The molecule has 2 atom stereocenters. The summed E-state index contributed by atoms with van der Waals surface area (Å²) in [6.07, 6.45) is 0.293. The van der Waals surface area contributed by atoms with Gasteiger partial charge in [-0.3, -0.25) is 14.3 Å². The standard InChI is InChI=1S/C15H17Cl2NO5S/c1-9(23-13(20)14(2)8-15(14,16)17)12(19)10-4-6-11(7-5-10)18-24(3,21)22/h4-7,9,18H,8H2,1-3H3/t9-,14+/m1/s1. The SMILES string of the molecule is C[C@@H](OC(=O)[C@]1(C)CC1(Cl)Cl)C(=O)c1ccc(NS(C)(=O)=O)cc1. The van der Waals surface area contributed by atoms with Crippen molar-refractivity contribution in [2.24, 2.45) is 5.41 Å². The van der Waals surface area contributed by atoms with Gasteiger partial charge >= 0.3 is 5.97 Å². The van der Waals surface area contributed by atoms with E-state index in [-0.39, 0.29) is 6.42 Å². The van der Waals surface area contributed by atoms with Crippen molar-refractivity contribution in [3.05, 3.63) is 29.8 Å². The molecule has 0 bridgehead atoms. The first-order valence-corrected chi connectivity index (χ1v) is 9.71. The second-order valence-corrected chi connectivity index (χ2v) is 9.31. The quantitative estimate of drug-likeness (QED) is 0.455. The molecule has 1 aromatic carbocycles. The molecule has 0 heterocycles. The molecule has 1 aliphatic carbocycles. The van der Waals surface area contributed by atoms with Crippen molar-refractivity contribution in [1.29, 1.82) is 0 Å². The Morgan fingerprint density at radius 3 is 2.17 bits per heavy atom. The van der Waals surface area contributed by atoms with Gasteiger partial charge in [0.2, 0.25) is 15.8 Å². The first-order chi connectivity index (χ1) is 10.9. The van der Waals surface area contributed by atoms with E-state index in [0.717, 1.165) is 6.26 Å². The molecule has 2 rings (SSSR count). The summed E-state index contributed by atoms with van der Waals surface area (Å²) in [5.41, 5.74) is -0.384. The third-order valence-corrected chi connectivity index (χ3v) is 5.54. The van der Waals surface area contributed by atoms with Crippen LogP contribution in [0.15, 0.2) is 24.3 Å². The first-order valence-electron chi connectivity index (χ1n) is 7.07. The first kappa shape index (κ1) is 19.0. The minimum absolute atomic E-state index is 0.273. The molecule has 0 radical (unpaired) electrons. The van der Waals surface area contributed by atoms with Crippen LogP contribution >= 0.6 is 23.2 Å². The molecule has 24 heavy (non-hydrogen) atoms. The highest BCUT2D eigenvalue weighted by atomic mass is 35.5. The Balaban J connectivity index is 2.02. The van der Waals surface area contributed by atoms with E-state index >= 15 is 0 Å². The Morgan fingerprint density at radius 2 is 1.75 bits per heavy atom. The second kappa shape index (κ2) is 6.20. The maximum atomic E-state index is 12.3. The summed E-state index contributed by atoms with van der Waals surface area (Å²) in [6, 6.07) is 5.81. The molecule has 0 amide bonds. The smallest absolute Gasteiger partial charge is 0.315 e. The number of benzene rings is 1. The van der Waals surface area contributed by atoms with Crippen molar-refractivity contribution in [2.45, 2.75) is 30.7 Å². The summed E-state index contributed by atoms with van der Waals surface area (Å²) < 4.78 is 28.6. The van der Waals surface area contributed by atoms with Crippen LogP contribution in [-0.2, 0) is 19.6 Å². The van der Waals surface area contributed by atoms with Gasteiger partial charge in [0, 0.05) is 17.7 Å². The zero-order valence-corrected chi connectivity index (χ0v) is 15.6. The lowest BCUT2D eigenvalue weighted by Crippen LogP contribution is -2.30. The number of rotatable bonds is 6. The third-order valence-electron chi connectivity index (χ3n) is 3.83. The molecule has 1 aromatic rings. The van der Waals surface area contributed by atoms with Crippen LogP contribution in [0.4, 0.5) is 5.69 Å². The minimum atomic E-state index is -3.39. The lowest BCUT2D eigenvalue weighted by Gasteiger charge is -2.16. The predicted molar refractivity (Wildman–Crippen MR) is 92.0 cm³/mol. The van der Waals surface area contributed by atoms with Gasteiger partial charge in [0.15, 0.2) is 6.10 Å². The van der Waals surface area contributed by atoms with Gasteiger partial charge < -0.3 is 4.74 Å². The number of hydrogen-bond donors (Lipinski definition) is 1. The van der Waals surface area contributed by atoms with Gasteiger partial charge in [0.1, 0.15) is 9.75 Å². The Bertz CT molecular complexity index is 776. The highest BCUT2D eigenvalue weighted by Gasteiger charge is 2.69. The van der Waals surface area contributed by atoms with Crippen LogP contribution < -0.4 is 4.72 Å². The van der Waals surface area contributed by atoms with Gasteiger partial charge in [-0.05, 0) is 38.1 Å². The number of carbonyl (C=O) groups is 2. The number of alkyl halides is 2. The van der Waals surface area contributed by atoms with Crippen molar-refractivity contribution < 1.29 is 22.7 Å². The fourth-order valence-corrected chi connectivity index (χ4v) is 3.37. The fourth-order valence-electron chi connectivity index (χ4n) is 2.12. The van der Waals surface area contributed by atoms with E-state index in [0.29, 0.717) is 11.3 Å². The van der Waals surface area contributed by atoms with Crippen molar-refractivity contribution in [3.63, 3.8) is 0 Å². The van der Waals surface area contributed by atoms with Gasteiger partial charge in [-0.2, -0.15) is 0 Å². The maximum Gasteiger partial charge on any atom is 0.315 e. The average Bonchev–Trinajstić information content (AvgIpc) is 2.97. The molecule has 1 fully saturated rings. The number of sulfonamides is 1. The molecule has 0 unspecified atom stereocenters. The van der Waals surface area contributed by atoms with Crippen LogP contribution in [0.3, 0.4) is 0 Å². The molecular formula is C15H17Cl2NO5S. The Hall–Kier alpha value is -1.31. The number of nitrogens with one attached hydrogen (secondary N) is 1. The Morgan fingerprint density at radius 1 is 1.25 bits per heavy atom. The Labute approximate surface area is 150 Å². The summed E-state index contributed by atoms with van der Waals surface area (Å²) in [5, 5.41) is 0. The average molecular weight is 394 g/mol. The van der Waals surface area contributed by atoms with Crippen LogP contribution in [0.25, 0.3) is 0 Å². The van der Waals surface area contributed by atoms with E-state index in [4.69, 9.17) is 27.9 Å². The van der Waals surface area contributed by atoms with Crippen LogP contribution in [-0.4, -0.2) is 36.9 Å². The molecule has 0 aromatic heterocycles. The largest absolute Gasteiger partial charge is 0.454 e. The number of carbonyl (C=O) groups excluding carboxylic acids is 2. The number of ketones is 1. The van der Waals surface area contributed by atoms with Crippen molar-refractivity contribution >= 4 is 50.7 Å². The number of Topliss-reactive ketones (excluding diaryl/α,β-unsaturated/α-hetero) is 1. The lowest BCUT2D eigenvalue weighted by molar-refractivity contribution is -0.152. The van der Waals surface area contributed by atoms with Gasteiger partial charge in [0.05, 0.1) is 6.26 Å². The molecule has 1 saturated carbocycles. The summed E-state index contributed by atoms with van der Waals surface area (Å²) in [6.45, 7) is 3.04.